The lowest BCUT2D eigenvalue weighted by molar-refractivity contribution is -0.137. The molecule has 12 nitrogen and oxygen atoms in total. The summed E-state index contributed by atoms with van der Waals surface area (Å²) in [6, 6.07) is 5.76. The first kappa shape index (κ1) is 27.5. The molecule has 2 saturated heterocycles. The summed E-state index contributed by atoms with van der Waals surface area (Å²) in [5.41, 5.74) is 0. The van der Waals surface area contributed by atoms with Crippen molar-refractivity contribution in [3.63, 3.8) is 0 Å². The third kappa shape index (κ3) is 5.66. The lowest BCUT2D eigenvalue weighted by Crippen LogP contribution is -2.53. The highest BCUT2D eigenvalue weighted by molar-refractivity contribution is 7.89. The number of amides is 1. The van der Waals surface area contributed by atoms with Gasteiger partial charge in [-0.1, -0.05) is 19.0 Å². The molecule has 37 heavy (non-hydrogen) atoms. The summed E-state index contributed by atoms with van der Waals surface area (Å²) >= 11 is 0. The number of anilines is 1. The fourth-order valence-corrected chi connectivity index (χ4v) is 7.78. The number of piperazine rings is 1. The first-order valence-electron chi connectivity index (χ1n) is 12.5. The number of benzene rings is 1. The van der Waals surface area contributed by atoms with Crippen LogP contribution in [-0.2, 0) is 24.8 Å². The van der Waals surface area contributed by atoms with Crippen LogP contribution in [-0.4, -0.2) is 98.8 Å². The number of rotatable bonds is 8. The van der Waals surface area contributed by atoms with E-state index in [1.165, 1.54) is 32.9 Å². The van der Waals surface area contributed by atoms with Crippen LogP contribution in [0.25, 0.3) is 0 Å². The third-order valence-electron chi connectivity index (χ3n) is 6.92. The summed E-state index contributed by atoms with van der Waals surface area (Å²) in [5.74, 6) is 0.0714. The van der Waals surface area contributed by atoms with Crippen LogP contribution in [0.1, 0.15) is 32.5 Å². The Morgan fingerprint density at radius 3 is 2.19 bits per heavy atom. The van der Waals surface area contributed by atoms with Gasteiger partial charge in [-0.2, -0.15) is 13.6 Å². The first-order valence-corrected chi connectivity index (χ1v) is 15.4. The van der Waals surface area contributed by atoms with Gasteiger partial charge in [0.25, 0.3) is 0 Å². The summed E-state index contributed by atoms with van der Waals surface area (Å²) in [4.78, 5) is 21.3. The van der Waals surface area contributed by atoms with E-state index in [0.717, 1.165) is 0 Å². The van der Waals surface area contributed by atoms with Gasteiger partial charge in [0.05, 0.1) is 15.7 Å². The zero-order chi connectivity index (χ0) is 26.8. The largest absolute Gasteiger partial charge is 0.339 e. The Hall–Kier alpha value is -2.55. The van der Waals surface area contributed by atoms with Crippen LogP contribution in [0.4, 0.5) is 6.01 Å². The van der Waals surface area contributed by atoms with Gasteiger partial charge < -0.3 is 14.3 Å². The standard InChI is InChI=1S/C23H34N6O6S2/c1-4-28(5-2)36(31,32)20-8-10-21(11-9-20)37(33,34)29-12-6-7-19(17-29)22(30)26-13-15-27(16-14-26)23-24-18(3)25-35-23/h8-11,19H,4-7,12-17H2,1-3H3. The van der Waals surface area contributed by atoms with E-state index >= 15 is 0 Å². The van der Waals surface area contributed by atoms with Gasteiger partial charge >= 0.3 is 6.01 Å². The summed E-state index contributed by atoms with van der Waals surface area (Å²) in [6.45, 7) is 8.43. The molecular formula is C23H34N6O6S2. The van der Waals surface area contributed by atoms with Gasteiger partial charge in [-0.05, 0) is 44.0 Å². The molecule has 1 amide bonds. The van der Waals surface area contributed by atoms with Gasteiger partial charge in [0.15, 0.2) is 5.82 Å². The molecule has 2 aliphatic rings. The Morgan fingerprint density at radius 2 is 1.62 bits per heavy atom. The fraction of sp³-hybridized carbons (Fsp3) is 0.609. The first-order chi connectivity index (χ1) is 17.6. The second-order valence-electron chi connectivity index (χ2n) is 9.20. The molecule has 0 saturated carbocycles. The molecule has 2 fully saturated rings. The summed E-state index contributed by atoms with van der Waals surface area (Å²) in [7, 11) is -7.56. The number of aryl methyl sites for hydroxylation is 1. The molecule has 2 aromatic rings. The molecule has 0 aliphatic carbocycles. The Kier molecular flexibility index (Phi) is 8.21. The molecule has 204 valence electrons. The number of hydrogen-bond acceptors (Lipinski definition) is 9. The molecule has 0 spiro atoms. The van der Waals surface area contributed by atoms with Crippen molar-refractivity contribution in [2.45, 2.75) is 43.4 Å². The maximum atomic E-state index is 13.4. The monoisotopic (exact) mass is 554 g/mol. The number of nitrogens with zero attached hydrogens (tertiary/aromatic N) is 6. The normalized spacial score (nSPS) is 19.9. The van der Waals surface area contributed by atoms with Crippen LogP contribution < -0.4 is 4.90 Å². The molecular weight excluding hydrogens is 520 g/mol. The highest BCUT2D eigenvalue weighted by Crippen LogP contribution is 2.27. The van der Waals surface area contributed by atoms with Crippen LogP contribution in [0.5, 0.6) is 0 Å². The van der Waals surface area contributed by atoms with E-state index in [1.807, 2.05) is 4.90 Å². The average Bonchev–Trinajstić information content (AvgIpc) is 3.35. The molecule has 2 aliphatic heterocycles. The third-order valence-corrected chi connectivity index (χ3v) is 10.9. The lowest BCUT2D eigenvalue weighted by atomic mass is 9.98. The molecule has 14 heteroatoms. The minimum atomic E-state index is -3.88. The van der Waals surface area contributed by atoms with E-state index in [1.54, 1.807) is 25.7 Å². The Balaban J connectivity index is 1.41. The van der Waals surface area contributed by atoms with Crippen molar-refractivity contribution in [1.82, 2.24) is 23.7 Å². The van der Waals surface area contributed by atoms with Gasteiger partial charge in [0.1, 0.15) is 0 Å². The van der Waals surface area contributed by atoms with Crippen LogP contribution in [0.3, 0.4) is 0 Å². The Labute approximate surface area is 218 Å². The number of aromatic nitrogens is 2. The van der Waals surface area contributed by atoms with E-state index in [0.29, 0.717) is 70.5 Å². The maximum absolute atomic E-state index is 13.4. The van der Waals surface area contributed by atoms with E-state index in [4.69, 9.17) is 4.52 Å². The van der Waals surface area contributed by atoms with Crippen LogP contribution in [0, 0.1) is 12.8 Å². The quantitative estimate of drug-likeness (QED) is 0.471. The summed E-state index contributed by atoms with van der Waals surface area (Å²) < 4.78 is 60.0. The van der Waals surface area contributed by atoms with Crippen molar-refractivity contribution in [2.75, 3.05) is 57.3 Å². The fourth-order valence-electron chi connectivity index (χ4n) is 4.80. The smallest absolute Gasteiger partial charge is 0.324 e. The number of piperidine rings is 1. The number of carbonyl (C=O) groups is 1. The van der Waals surface area contributed by atoms with E-state index in [9.17, 15) is 21.6 Å². The predicted octanol–water partition coefficient (Wildman–Crippen LogP) is 1.16. The number of hydrogen-bond donors (Lipinski definition) is 0. The van der Waals surface area contributed by atoms with Crippen LogP contribution >= 0.6 is 0 Å². The summed E-state index contributed by atoms with van der Waals surface area (Å²) in [6.07, 6.45) is 1.19. The molecule has 1 aromatic heterocycles. The van der Waals surface area contributed by atoms with Crippen LogP contribution in [0.2, 0.25) is 0 Å². The maximum Gasteiger partial charge on any atom is 0.324 e. The van der Waals surface area contributed by atoms with E-state index < -0.39 is 26.0 Å². The number of sulfonamides is 2. The van der Waals surface area contributed by atoms with Crippen molar-refractivity contribution in [3.05, 3.63) is 30.1 Å². The average molecular weight is 555 g/mol. The van der Waals surface area contributed by atoms with Crippen molar-refractivity contribution >= 4 is 32.0 Å². The molecule has 3 heterocycles. The minimum absolute atomic E-state index is 0.0163. The van der Waals surface area contributed by atoms with Crippen molar-refractivity contribution in [3.8, 4) is 0 Å². The van der Waals surface area contributed by atoms with Crippen molar-refractivity contribution < 1.29 is 26.2 Å². The molecule has 1 atom stereocenters. The molecule has 0 bridgehead atoms. The topological polar surface area (TPSA) is 137 Å². The van der Waals surface area contributed by atoms with E-state index in [-0.39, 0.29) is 22.2 Å². The molecule has 4 rings (SSSR count). The van der Waals surface area contributed by atoms with Crippen molar-refractivity contribution in [2.24, 2.45) is 5.92 Å². The molecule has 1 aromatic carbocycles. The zero-order valence-electron chi connectivity index (χ0n) is 21.4. The van der Waals surface area contributed by atoms with Gasteiger partial charge in [0.2, 0.25) is 26.0 Å². The molecule has 0 N–H and O–H groups in total. The minimum Gasteiger partial charge on any atom is -0.339 e. The summed E-state index contributed by atoms with van der Waals surface area (Å²) in [5, 5.41) is 3.81. The van der Waals surface area contributed by atoms with Gasteiger partial charge in [0, 0.05) is 52.4 Å². The Bertz CT molecular complexity index is 1300. The van der Waals surface area contributed by atoms with Gasteiger partial charge in [-0.3, -0.25) is 4.79 Å². The molecule has 1 unspecified atom stereocenters. The highest BCUT2D eigenvalue weighted by atomic mass is 32.2. The predicted molar refractivity (Wildman–Crippen MR) is 136 cm³/mol. The number of carbonyl (C=O) groups excluding carboxylic acids is 1. The lowest BCUT2D eigenvalue weighted by Gasteiger charge is -2.38. The van der Waals surface area contributed by atoms with Gasteiger partial charge in [-0.25, -0.2) is 16.8 Å². The van der Waals surface area contributed by atoms with Gasteiger partial charge in [-0.15, -0.1) is 0 Å². The SMILES string of the molecule is CCN(CC)S(=O)(=O)c1ccc(S(=O)(=O)N2CCCC(C(=O)N3CCN(c4nc(C)no4)CC3)C2)cc1. The molecule has 0 radical (unpaired) electrons. The highest BCUT2D eigenvalue weighted by Gasteiger charge is 2.36. The van der Waals surface area contributed by atoms with E-state index in [2.05, 4.69) is 10.1 Å². The second-order valence-corrected chi connectivity index (χ2v) is 13.1. The second kappa shape index (κ2) is 11.1. The zero-order valence-corrected chi connectivity index (χ0v) is 23.0. The van der Waals surface area contributed by atoms with Crippen molar-refractivity contribution in [1.29, 1.82) is 0 Å². The van der Waals surface area contributed by atoms with Crippen LogP contribution in [0.15, 0.2) is 38.6 Å². The Morgan fingerprint density at radius 1 is 1.00 bits per heavy atom.